The van der Waals surface area contributed by atoms with Crippen LogP contribution in [0.1, 0.15) is 69.8 Å². The molecule has 5 aliphatic rings. The Labute approximate surface area is 169 Å². The number of benzene rings is 1. The van der Waals surface area contributed by atoms with E-state index in [0.717, 1.165) is 24.3 Å². The van der Waals surface area contributed by atoms with Gasteiger partial charge in [-0.3, -0.25) is 0 Å². The lowest BCUT2D eigenvalue weighted by Gasteiger charge is -2.62. The zero-order chi connectivity index (χ0) is 18.5. The van der Waals surface area contributed by atoms with Crippen molar-refractivity contribution in [1.82, 2.24) is 5.32 Å². The van der Waals surface area contributed by atoms with E-state index < -0.39 is 0 Å². The van der Waals surface area contributed by atoms with Gasteiger partial charge in [0.1, 0.15) is 0 Å². The maximum absolute atomic E-state index is 6.15. The van der Waals surface area contributed by atoms with Crippen molar-refractivity contribution in [2.75, 3.05) is 6.54 Å². The van der Waals surface area contributed by atoms with Crippen LogP contribution in [0.15, 0.2) is 30.3 Å². The molecule has 4 bridgehead atoms. The van der Waals surface area contributed by atoms with Gasteiger partial charge in [0.15, 0.2) is 0 Å². The summed E-state index contributed by atoms with van der Waals surface area (Å²) in [7, 11) is 0. The molecule has 0 aromatic heterocycles. The standard InChI is InChI=1S/C24H34N2S/c25-15-17-6-8-21(9-7-17)26-22(27)24-13-18-10-19(14-24)12-23(11-18,16-24)20-4-2-1-3-5-20/h1-5,17-19,21H,6-16,25H2,(H,26,27)/t17-,18?,19?,21-,23?,24?. The summed E-state index contributed by atoms with van der Waals surface area (Å²) in [5.41, 5.74) is 8.10. The Bertz CT molecular complexity index is 678. The van der Waals surface area contributed by atoms with E-state index >= 15 is 0 Å². The highest BCUT2D eigenvalue weighted by Crippen LogP contribution is 2.66. The fraction of sp³-hybridized carbons (Fsp3) is 0.708. The topological polar surface area (TPSA) is 38.0 Å². The van der Waals surface area contributed by atoms with Gasteiger partial charge in [-0.05, 0) is 99.5 Å². The summed E-state index contributed by atoms with van der Waals surface area (Å²) in [6.45, 7) is 0.851. The van der Waals surface area contributed by atoms with Crippen LogP contribution in [0.25, 0.3) is 0 Å². The van der Waals surface area contributed by atoms with Crippen LogP contribution in [0.2, 0.25) is 0 Å². The number of hydrogen-bond donors (Lipinski definition) is 2. The second kappa shape index (κ2) is 6.84. The van der Waals surface area contributed by atoms with E-state index in [2.05, 4.69) is 35.6 Å². The number of thiocarbonyl (C=S) groups is 1. The molecule has 3 N–H and O–H groups in total. The molecule has 1 aromatic rings. The highest BCUT2D eigenvalue weighted by Gasteiger charge is 2.59. The third-order valence-electron chi connectivity index (χ3n) is 8.44. The molecule has 5 saturated carbocycles. The quantitative estimate of drug-likeness (QED) is 0.723. The molecule has 0 aliphatic heterocycles. The zero-order valence-electron chi connectivity index (χ0n) is 16.5. The van der Waals surface area contributed by atoms with Gasteiger partial charge in [-0.15, -0.1) is 0 Å². The van der Waals surface area contributed by atoms with Gasteiger partial charge in [-0.1, -0.05) is 42.5 Å². The van der Waals surface area contributed by atoms with Gasteiger partial charge in [-0.25, -0.2) is 0 Å². The number of nitrogens with two attached hydrogens (primary N) is 1. The molecule has 2 atom stereocenters. The first kappa shape index (κ1) is 18.1. The molecule has 5 fully saturated rings. The van der Waals surface area contributed by atoms with Gasteiger partial charge in [0, 0.05) is 11.5 Å². The molecule has 0 saturated heterocycles. The maximum Gasteiger partial charge on any atom is 0.0818 e. The summed E-state index contributed by atoms with van der Waals surface area (Å²) in [5.74, 6) is 2.48. The van der Waals surface area contributed by atoms with Gasteiger partial charge in [0.2, 0.25) is 0 Å². The van der Waals surface area contributed by atoms with Crippen LogP contribution in [0.4, 0.5) is 0 Å². The van der Waals surface area contributed by atoms with Crippen molar-refractivity contribution in [2.24, 2.45) is 28.9 Å². The Balaban J connectivity index is 1.36. The monoisotopic (exact) mass is 382 g/mol. The SMILES string of the molecule is NC[C@H]1CC[C@H](NC(=S)C23CC4CC(C2)CC(c2ccccc2)(C4)C3)CC1. The van der Waals surface area contributed by atoms with Gasteiger partial charge in [0.25, 0.3) is 0 Å². The van der Waals surface area contributed by atoms with Crippen LogP contribution in [-0.4, -0.2) is 17.6 Å². The third-order valence-corrected chi connectivity index (χ3v) is 9.00. The molecule has 1 aromatic carbocycles. The average molecular weight is 383 g/mol. The summed E-state index contributed by atoms with van der Waals surface area (Å²) < 4.78 is 0. The maximum atomic E-state index is 6.15. The first-order valence-corrected chi connectivity index (χ1v) is 11.6. The summed E-state index contributed by atoms with van der Waals surface area (Å²) in [6, 6.07) is 12.0. The van der Waals surface area contributed by atoms with Crippen molar-refractivity contribution in [3.63, 3.8) is 0 Å². The molecule has 3 heteroatoms. The lowest BCUT2D eigenvalue weighted by Crippen LogP contribution is -2.59. The van der Waals surface area contributed by atoms with Crippen molar-refractivity contribution in [3.8, 4) is 0 Å². The van der Waals surface area contributed by atoms with E-state index in [-0.39, 0.29) is 5.41 Å². The lowest BCUT2D eigenvalue weighted by atomic mass is 9.43. The van der Waals surface area contributed by atoms with Crippen molar-refractivity contribution in [3.05, 3.63) is 35.9 Å². The Morgan fingerprint density at radius 2 is 1.67 bits per heavy atom. The van der Waals surface area contributed by atoms with E-state index in [1.54, 1.807) is 5.56 Å². The van der Waals surface area contributed by atoms with Gasteiger partial charge in [0.05, 0.1) is 4.99 Å². The molecule has 2 nitrogen and oxygen atoms in total. The van der Waals surface area contributed by atoms with Crippen LogP contribution in [-0.2, 0) is 5.41 Å². The number of hydrogen-bond acceptors (Lipinski definition) is 2. The minimum atomic E-state index is 0.264. The minimum absolute atomic E-state index is 0.264. The molecule has 5 aliphatic carbocycles. The highest BCUT2D eigenvalue weighted by atomic mass is 32.1. The molecule has 2 unspecified atom stereocenters. The Kier molecular flexibility index (Phi) is 4.59. The zero-order valence-corrected chi connectivity index (χ0v) is 17.3. The van der Waals surface area contributed by atoms with Crippen molar-refractivity contribution >= 4 is 17.2 Å². The van der Waals surface area contributed by atoms with Crippen LogP contribution in [0.3, 0.4) is 0 Å². The van der Waals surface area contributed by atoms with E-state index in [0.29, 0.717) is 11.5 Å². The van der Waals surface area contributed by atoms with Crippen molar-refractivity contribution < 1.29 is 0 Å². The van der Waals surface area contributed by atoms with E-state index in [9.17, 15) is 0 Å². The van der Waals surface area contributed by atoms with Gasteiger partial charge in [-0.2, -0.15) is 0 Å². The first-order chi connectivity index (χ1) is 13.1. The van der Waals surface area contributed by atoms with Crippen LogP contribution >= 0.6 is 12.2 Å². The molecule has 0 radical (unpaired) electrons. The highest BCUT2D eigenvalue weighted by molar-refractivity contribution is 7.80. The minimum Gasteiger partial charge on any atom is -0.376 e. The van der Waals surface area contributed by atoms with Crippen LogP contribution in [0.5, 0.6) is 0 Å². The predicted molar refractivity (Wildman–Crippen MR) is 116 cm³/mol. The fourth-order valence-electron chi connectivity index (χ4n) is 7.54. The third kappa shape index (κ3) is 3.15. The first-order valence-electron chi connectivity index (χ1n) is 11.2. The molecule has 6 rings (SSSR count). The predicted octanol–water partition coefficient (Wildman–Crippen LogP) is 4.96. The molecule has 0 heterocycles. The average Bonchev–Trinajstić information content (AvgIpc) is 2.68. The largest absolute Gasteiger partial charge is 0.376 e. The smallest absolute Gasteiger partial charge is 0.0818 e. The summed E-state index contributed by atoms with van der Waals surface area (Å²) in [5, 5.41) is 3.88. The van der Waals surface area contributed by atoms with Gasteiger partial charge < -0.3 is 11.1 Å². The summed E-state index contributed by atoms with van der Waals surface area (Å²) in [4.78, 5) is 1.22. The summed E-state index contributed by atoms with van der Waals surface area (Å²) in [6.07, 6.45) is 13.2. The Morgan fingerprint density at radius 3 is 2.30 bits per heavy atom. The Hall–Kier alpha value is -0.930. The molecule has 0 amide bonds. The molecule has 27 heavy (non-hydrogen) atoms. The van der Waals surface area contributed by atoms with Crippen LogP contribution < -0.4 is 11.1 Å². The Morgan fingerprint density at radius 1 is 1.00 bits per heavy atom. The number of rotatable bonds is 4. The molecular weight excluding hydrogens is 348 g/mol. The van der Waals surface area contributed by atoms with Crippen LogP contribution in [0, 0.1) is 23.2 Å². The summed E-state index contributed by atoms with van der Waals surface area (Å²) >= 11 is 6.15. The normalized spacial score (nSPS) is 42.9. The molecular formula is C24H34N2S. The lowest BCUT2D eigenvalue weighted by molar-refractivity contribution is -0.0356. The van der Waals surface area contributed by atoms with Gasteiger partial charge >= 0.3 is 0 Å². The van der Waals surface area contributed by atoms with Crippen molar-refractivity contribution in [1.29, 1.82) is 0 Å². The number of nitrogens with one attached hydrogen (secondary N) is 1. The molecule has 0 spiro atoms. The molecule has 146 valence electrons. The van der Waals surface area contributed by atoms with E-state index in [1.807, 2.05) is 0 Å². The second-order valence-electron chi connectivity index (χ2n) is 10.3. The van der Waals surface area contributed by atoms with Crippen molar-refractivity contribution in [2.45, 2.75) is 75.7 Å². The van der Waals surface area contributed by atoms with E-state index in [1.165, 1.54) is 69.2 Å². The second-order valence-corrected chi connectivity index (χ2v) is 10.7. The van der Waals surface area contributed by atoms with E-state index in [4.69, 9.17) is 18.0 Å². The fourth-order valence-corrected chi connectivity index (χ4v) is 7.94.